The van der Waals surface area contributed by atoms with Gasteiger partial charge in [0, 0.05) is 38.7 Å². The number of para-hydroxylation sites is 1. The Balaban J connectivity index is 1.51. The van der Waals surface area contributed by atoms with Gasteiger partial charge in [-0.15, -0.1) is 0 Å². The van der Waals surface area contributed by atoms with E-state index in [2.05, 4.69) is 10.4 Å². The first-order valence-corrected chi connectivity index (χ1v) is 11.9. The van der Waals surface area contributed by atoms with Crippen molar-refractivity contribution in [3.63, 3.8) is 0 Å². The van der Waals surface area contributed by atoms with Crippen molar-refractivity contribution in [1.82, 2.24) is 24.9 Å². The first kappa shape index (κ1) is 25.0. The summed E-state index contributed by atoms with van der Waals surface area (Å²) in [6.45, 7) is 0.604. The van der Waals surface area contributed by atoms with Gasteiger partial charge in [-0.05, 0) is 37.8 Å². The average Bonchev–Trinajstić information content (AvgIpc) is 3.28. The van der Waals surface area contributed by atoms with Gasteiger partial charge in [0.15, 0.2) is 5.69 Å². The summed E-state index contributed by atoms with van der Waals surface area (Å²) in [5.41, 5.74) is 0.748. The second kappa shape index (κ2) is 11.1. The van der Waals surface area contributed by atoms with Crippen molar-refractivity contribution >= 4 is 23.9 Å². The van der Waals surface area contributed by atoms with Crippen molar-refractivity contribution in [2.24, 2.45) is 0 Å². The van der Waals surface area contributed by atoms with E-state index < -0.39 is 29.9 Å². The smallest absolute Gasteiger partial charge is 0.407 e. The van der Waals surface area contributed by atoms with Crippen LogP contribution in [0.5, 0.6) is 5.88 Å². The molecule has 0 radical (unpaired) electrons. The van der Waals surface area contributed by atoms with Gasteiger partial charge in [-0.1, -0.05) is 18.2 Å². The van der Waals surface area contributed by atoms with Gasteiger partial charge in [-0.3, -0.25) is 14.4 Å². The number of carbonyl (C=O) groups is 4. The molecule has 0 bridgehead atoms. The predicted molar refractivity (Wildman–Crippen MR) is 126 cm³/mol. The molecule has 1 saturated heterocycles. The fourth-order valence-electron chi connectivity index (χ4n) is 4.07. The summed E-state index contributed by atoms with van der Waals surface area (Å²) in [5, 5.41) is 25.3. The van der Waals surface area contributed by atoms with Gasteiger partial charge in [0.25, 0.3) is 5.91 Å². The molecule has 1 aliphatic carbocycles. The third kappa shape index (κ3) is 5.93. The molecule has 1 aliphatic heterocycles. The number of rotatable bonds is 9. The molecule has 12 heteroatoms. The van der Waals surface area contributed by atoms with E-state index in [4.69, 9.17) is 14.9 Å². The minimum absolute atomic E-state index is 0.0389. The summed E-state index contributed by atoms with van der Waals surface area (Å²) in [6.07, 6.45) is 1.47. The van der Waals surface area contributed by atoms with Crippen molar-refractivity contribution in [2.45, 2.75) is 44.2 Å². The molecule has 1 unspecified atom stereocenters. The number of nitrogens with zero attached hydrogens (tertiary/aromatic N) is 4. The molecule has 2 aromatic rings. The molecule has 0 spiro atoms. The number of nitrogens with one attached hydrogen (secondary N) is 1. The van der Waals surface area contributed by atoms with E-state index >= 15 is 0 Å². The highest BCUT2D eigenvalue weighted by Gasteiger charge is 2.31. The molecule has 1 aromatic heterocycles. The van der Waals surface area contributed by atoms with Gasteiger partial charge >= 0.3 is 12.1 Å². The quantitative estimate of drug-likeness (QED) is 0.470. The van der Waals surface area contributed by atoms with Crippen LogP contribution in [0.1, 0.15) is 42.6 Å². The minimum Gasteiger partial charge on any atom is -0.481 e. The van der Waals surface area contributed by atoms with Crippen molar-refractivity contribution in [1.29, 1.82) is 0 Å². The lowest BCUT2D eigenvalue weighted by Gasteiger charge is -2.35. The first-order valence-electron chi connectivity index (χ1n) is 11.9. The van der Waals surface area contributed by atoms with Crippen molar-refractivity contribution in [3.05, 3.63) is 42.1 Å². The summed E-state index contributed by atoms with van der Waals surface area (Å²) in [6, 6.07) is 9.63. The SMILES string of the molecule is O=C(O)CCC(NC(=O)c1cc(OC2CCC2)n(-c2ccccc2)n1)C(=O)N1CCN(C(=O)O)CC1. The number of hydrogen-bond acceptors (Lipinski definition) is 6. The van der Waals surface area contributed by atoms with Crippen LogP contribution in [-0.2, 0) is 9.59 Å². The fourth-order valence-corrected chi connectivity index (χ4v) is 4.07. The monoisotopic (exact) mass is 499 g/mol. The molecular formula is C24H29N5O7. The molecule has 2 aliphatic rings. The van der Waals surface area contributed by atoms with Gasteiger partial charge in [-0.2, -0.15) is 5.10 Å². The van der Waals surface area contributed by atoms with E-state index in [0.29, 0.717) is 11.6 Å². The molecule has 2 heterocycles. The van der Waals surface area contributed by atoms with E-state index in [-0.39, 0.29) is 50.8 Å². The van der Waals surface area contributed by atoms with E-state index in [1.807, 2.05) is 30.3 Å². The van der Waals surface area contributed by atoms with E-state index in [1.165, 1.54) is 20.5 Å². The van der Waals surface area contributed by atoms with E-state index in [0.717, 1.165) is 19.3 Å². The van der Waals surface area contributed by atoms with Crippen LogP contribution in [0.4, 0.5) is 4.79 Å². The summed E-state index contributed by atoms with van der Waals surface area (Å²) in [4.78, 5) is 51.3. The lowest BCUT2D eigenvalue weighted by molar-refractivity contribution is -0.138. The Hall–Kier alpha value is -4.09. The summed E-state index contributed by atoms with van der Waals surface area (Å²) in [7, 11) is 0. The average molecular weight is 500 g/mol. The number of aromatic nitrogens is 2. The van der Waals surface area contributed by atoms with Gasteiger partial charge in [0.2, 0.25) is 11.8 Å². The van der Waals surface area contributed by atoms with Gasteiger partial charge in [0.1, 0.15) is 12.1 Å². The molecule has 2 fully saturated rings. The minimum atomic E-state index is -1.10. The third-order valence-corrected chi connectivity index (χ3v) is 6.36. The number of hydrogen-bond donors (Lipinski definition) is 3. The number of benzene rings is 1. The highest BCUT2D eigenvalue weighted by Crippen LogP contribution is 2.27. The van der Waals surface area contributed by atoms with Crippen LogP contribution in [0, 0.1) is 0 Å². The van der Waals surface area contributed by atoms with E-state index in [9.17, 15) is 19.2 Å². The Labute approximate surface area is 207 Å². The highest BCUT2D eigenvalue weighted by molar-refractivity contribution is 5.96. The van der Waals surface area contributed by atoms with Gasteiger partial charge in [0.05, 0.1) is 5.69 Å². The standard InChI is InChI=1S/C24H29N5O7/c30-21(31)10-9-18(23(33)27-11-13-28(14-12-27)24(34)35)25-22(32)19-15-20(36-17-7-4-8-17)29(26-19)16-5-2-1-3-6-16/h1-3,5-6,15,17-18H,4,7-14H2,(H,25,32)(H,30,31)(H,34,35). The lowest BCUT2D eigenvalue weighted by Crippen LogP contribution is -2.55. The Morgan fingerprint density at radius 1 is 1.03 bits per heavy atom. The van der Waals surface area contributed by atoms with Crippen LogP contribution in [0.15, 0.2) is 36.4 Å². The maximum absolute atomic E-state index is 13.1. The number of ether oxygens (including phenoxy) is 1. The van der Waals surface area contributed by atoms with Gasteiger partial charge in [-0.25, -0.2) is 9.48 Å². The molecule has 3 N–H and O–H groups in total. The molecule has 1 aromatic carbocycles. The fraction of sp³-hybridized carbons (Fsp3) is 0.458. The lowest BCUT2D eigenvalue weighted by atomic mass is 9.96. The van der Waals surface area contributed by atoms with Crippen LogP contribution >= 0.6 is 0 Å². The highest BCUT2D eigenvalue weighted by atomic mass is 16.5. The molecule has 4 rings (SSSR count). The zero-order valence-corrected chi connectivity index (χ0v) is 19.7. The van der Waals surface area contributed by atoms with Crippen LogP contribution in [0.25, 0.3) is 5.69 Å². The maximum atomic E-state index is 13.1. The zero-order chi connectivity index (χ0) is 25.7. The Bertz CT molecular complexity index is 1110. The van der Waals surface area contributed by atoms with Crippen molar-refractivity contribution in [2.75, 3.05) is 26.2 Å². The summed E-state index contributed by atoms with van der Waals surface area (Å²) in [5.74, 6) is -1.77. The number of aliphatic carboxylic acids is 1. The molecule has 192 valence electrons. The number of piperazine rings is 1. The van der Waals surface area contributed by atoms with Crippen molar-refractivity contribution in [3.8, 4) is 11.6 Å². The number of carboxylic acids is 1. The Morgan fingerprint density at radius 3 is 2.28 bits per heavy atom. The maximum Gasteiger partial charge on any atom is 0.407 e. The molecule has 36 heavy (non-hydrogen) atoms. The topological polar surface area (TPSA) is 154 Å². The second-order valence-corrected chi connectivity index (χ2v) is 8.84. The predicted octanol–water partition coefficient (Wildman–Crippen LogP) is 1.59. The van der Waals surface area contributed by atoms with Crippen LogP contribution in [-0.4, -0.2) is 92.0 Å². The second-order valence-electron chi connectivity index (χ2n) is 8.84. The van der Waals surface area contributed by atoms with Crippen molar-refractivity contribution < 1.29 is 34.1 Å². The molecular weight excluding hydrogens is 470 g/mol. The van der Waals surface area contributed by atoms with Crippen LogP contribution in [0.3, 0.4) is 0 Å². The Morgan fingerprint density at radius 2 is 1.69 bits per heavy atom. The molecule has 1 saturated carbocycles. The van der Waals surface area contributed by atoms with Crippen LogP contribution in [0.2, 0.25) is 0 Å². The first-order chi connectivity index (χ1) is 17.3. The zero-order valence-electron chi connectivity index (χ0n) is 19.7. The Kier molecular flexibility index (Phi) is 7.71. The molecule has 12 nitrogen and oxygen atoms in total. The van der Waals surface area contributed by atoms with Crippen LogP contribution < -0.4 is 10.1 Å². The molecule has 3 amide bonds. The summed E-state index contributed by atoms with van der Waals surface area (Å²) >= 11 is 0. The van der Waals surface area contributed by atoms with E-state index in [1.54, 1.807) is 0 Å². The molecule has 1 atom stereocenters. The normalized spacial score (nSPS) is 16.7. The number of carbonyl (C=O) groups excluding carboxylic acids is 2. The number of amides is 3. The largest absolute Gasteiger partial charge is 0.481 e. The van der Waals surface area contributed by atoms with Gasteiger partial charge < -0.3 is 30.1 Å². The summed E-state index contributed by atoms with van der Waals surface area (Å²) < 4.78 is 7.57. The number of carboxylic acid groups (broad SMARTS) is 2. The third-order valence-electron chi connectivity index (χ3n) is 6.36.